The second-order valence-corrected chi connectivity index (χ2v) is 5.68. The lowest BCUT2D eigenvalue weighted by molar-refractivity contribution is -0.115. The summed E-state index contributed by atoms with van der Waals surface area (Å²) in [5, 5.41) is 5.64. The van der Waals surface area contributed by atoms with E-state index in [2.05, 4.69) is 10.6 Å². The molecule has 2 amide bonds. The highest BCUT2D eigenvalue weighted by Gasteiger charge is 2.14. The molecular formula is C19H21FN2O2. The van der Waals surface area contributed by atoms with Crippen molar-refractivity contribution in [2.24, 2.45) is 0 Å². The number of amides is 2. The highest BCUT2D eigenvalue weighted by atomic mass is 19.1. The van der Waals surface area contributed by atoms with Crippen molar-refractivity contribution in [3.05, 3.63) is 65.5 Å². The molecule has 2 aromatic rings. The molecule has 24 heavy (non-hydrogen) atoms. The molecule has 2 N–H and O–H groups in total. The zero-order valence-electron chi connectivity index (χ0n) is 13.8. The van der Waals surface area contributed by atoms with Gasteiger partial charge in [0.15, 0.2) is 0 Å². The van der Waals surface area contributed by atoms with Crippen LogP contribution in [0.15, 0.2) is 48.5 Å². The smallest absolute Gasteiger partial charge is 0.253 e. The van der Waals surface area contributed by atoms with Crippen molar-refractivity contribution in [3.63, 3.8) is 0 Å². The second-order valence-electron chi connectivity index (χ2n) is 5.68. The summed E-state index contributed by atoms with van der Waals surface area (Å²) in [6.45, 7) is 3.91. The van der Waals surface area contributed by atoms with E-state index in [1.165, 1.54) is 12.1 Å². The molecule has 5 heteroatoms. The van der Waals surface area contributed by atoms with Crippen LogP contribution in [0.4, 0.5) is 10.1 Å². The number of benzene rings is 2. The Kier molecular flexibility index (Phi) is 6.07. The fourth-order valence-corrected chi connectivity index (χ4v) is 2.18. The Hall–Kier alpha value is -2.69. The van der Waals surface area contributed by atoms with Gasteiger partial charge in [0, 0.05) is 6.04 Å². The van der Waals surface area contributed by atoms with Crippen LogP contribution in [0, 0.1) is 5.82 Å². The first kappa shape index (κ1) is 17.7. The quantitative estimate of drug-likeness (QED) is 0.852. The zero-order valence-corrected chi connectivity index (χ0v) is 13.8. The van der Waals surface area contributed by atoms with E-state index < -0.39 is 0 Å². The molecule has 0 aliphatic heterocycles. The maximum Gasteiger partial charge on any atom is 0.253 e. The number of hydrogen-bond acceptors (Lipinski definition) is 2. The lowest BCUT2D eigenvalue weighted by Crippen LogP contribution is -2.32. The Morgan fingerprint density at radius 3 is 2.42 bits per heavy atom. The third kappa shape index (κ3) is 4.91. The molecule has 1 atom stereocenters. The minimum atomic E-state index is -0.341. The molecule has 0 radical (unpaired) electrons. The Morgan fingerprint density at radius 2 is 1.75 bits per heavy atom. The second kappa shape index (κ2) is 8.24. The monoisotopic (exact) mass is 328 g/mol. The number of anilines is 1. The van der Waals surface area contributed by atoms with Crippen LogP contribution < -0.4 is 10.6 Å². The van der Waals surface area contributed by atoms with E-state index in [0.717, 1.165) is 6.42 Å². The van der Waals surface area contributed by atoms with Crippen LogP contribution in [0.3, 0.4) is 0 Å². The first-order chi connectivity index (χ1) is 11.5. The van der Waals surface area contributed by atoms with E-state index in [0.29, 0.717) is 16.8 Å². The number of carbonyl (C=O) groups is 2. The SMILES string of the molecule is CC[C@H](C)NC(=O)c1ccccc1NC(=O)Cc1ccc(F)cc1. The van der Waals surface area contributed by atoms with Gasteiger partial charge in [-0.05, 0) is 43.2 Å². The van der Waals surface area contributed by atoms with Gasteiger partial charge in [0.25, 0.3) is 5.91 Å². The van der Waals surface area contributed by atoms with Crippen LogP contribution in [0.5, 0.6) is 0 Å². The molecule has 4 nitrogen and oxygen atoms in total. The van der Waals surface area contributed by atoms with Crippen LogP contribution in [0.25, 0.3) is 0 Å². The Balaban J connectivity index is 2.07. The van der Waals surface area contributed by atoms with Crippen molar-refractivity contribution < 1.29 is 14.0 Å². The van der Waals surface area contributed by atoms with Crippen molar-refractivity contribution in [2.75, 3.05) is 5.32 Å². The Bertz CT molecular complexity index is 714. The average molecular weight is 328 g/mol. The van der Waals surface area contributed by atoms with E-state index in [1.54, 1.807) is 36.4 Å². The largest absolute Gasteiger partial charge is 0.350 e. The predicted molar refractivity (Wildman–Crippen MR) is 92.4 cm³/mol. The third-order valence-corrected chi connectivity index (χ3v) is 3.71. The van der Waals surface area contributed by atoms with Gasteiger partial charge in [-0.1, -0.05) is 31.2 Å². The lowest BCUT2D eigenvalue weighted by atomic mass is 10.1. The van der Waals surface area contributed by atoms with Gasteiger partial charge in [0.05, 0.1) is 17.7 Å². The molecule has 0 unspecified atom stereocenters. The molecule has 0 aromatic heterocycles. The molecule has 0 heterocycles. The third-order valence-electron chi connectivity index (χ3n) is 3.71. The summed E-state index contributed by atoms with van der Waals surface area (Å²) in [7, 11) is 0. The first-order valence-corrected chi connectivity index (χ1v) is 7.93. The van der Waals surface area contributed by atoms with Gasteiger partial charge in [0.1, 0.15) is 5.82 Å². The van der Waals surface area contributed by atoms with Crippen molar-refractivity contribution in [2.45, 2.75) is 32.7 Å². The van der Waals surface area contributed by atoms with E-state index in [9.17, 15) is 14.0 Å². The highest BCUT2D eigenvalue weighted by Crippen LogP contribution is 2.16. The zero-order chi connectivity index (χ0) is 17.5. The van der Waals surface area contributed by atoms with Crippen LogP contribution in [0.1, 0.15) is 36.2 Å². The average Bonchev–Trinajstić information content (AvgIpc) is 2.57. The molecule has 0 saturated heterocycles. The fourth-order valence-electron chi connectivity index (χ4n) is 2.18. The van der Waals surface area contributed by atoms with Gasteiger partial charge in [-0.3, -0.25) is 9.59 Å². The summed E-state index contributed by atoms with van der Waals surface area (Å²) in [5.74, 6) is -0.821. The molecule has 2 aromatic carbocycles. The van der Waals surface area contributed by atoms with E-state index >= 15 is 0 Å². The van der Waals surface area contributed by atoms with Gasteiger partial charge in [-0.2, -0.15) is 0 Å². The van der Waals surface area contributed by atoms with Crippen molar-refractivity contribution in [1.29, 1.82) is 0 Å². The molecule has 0 saturated carbocycles. The standard InChI is InChI=1S/C19H21FN2O2/c1-3-13(2)21-19(24)16-6-4-5-7-17(16)22-18(23)12-14-8-10-15(20)11-9-14/h4-11,13H,3,12H2,1-2H3,(H,21,24)(H,22,23)/t13-/m0/s1. The molecule has 126 valence electrons. The summed E-state index contributed by atoms with van der Waals surface area (Å²) >= 11 is 0. The van der Waals surface area contributed by atoms with Gasteiger partial charge < -0.3 is 10.6 Å². The van der Waals surface area contributed by atoms with Gasteiger partial charge in [0.2, 0.25) is 5.91 Å². The highest BCUT2D eigenvalue weighted by molar-refractivity contribution is 6.04. The number of para-hydroxylation sites is 1. The van der Waals surface area contributed by atoms with Crippen molar-refractivity contribution in [3.8, 4) is 0 Å². The summed E-state index contributed by atoms with van der Waals surface area (Å²) in [4.78, 5) is 24.5. The normalized spacial score (nSPS) is 11.6. The molecular weight excluding hydrogens is 307 g/mol. The molecule has 0 fully saturated rings. The van der Waals surface area contributed by atoms with Gasteiger partial charge >= 0.3 is 0 Å². The topological polar surface area (TPSA) is 58.2 Å². The lowest BCUT2D eigenvalue weighted by Gasteiger charge is -2.14. The van der Waals surface area contributed by atoms with Gasteiger partial charge in [-0.25, -0.2) is 4.39 Å². The molecule has 0 aliphatic rings. The maximum absolute atomic E-state index is 12.9. The van der Waals surface area contributed by atoms with E-state index in [1.807, 2.05) is 13.8 Å². The maximum atomic E-state index is 12.9. The van der Waals surface area contributed by atoms with E-state index in [4.69, 9.17) is 0 Å². The van der Waals surface area contributed by atoms with Crippen LogP contribution in [-0.2, 0) is 11.2 Å². The van der Waals surface area contributed by atoms with Crippen LogP contribution in [0.2, 0.25) is 0 Å². The molecule has 2 rings (SSSR count). The first-order valence-electron chi connectivity index (χ1n) is 7.93. The van der Waals surface area contributed by atoms with Crippen LogP contribution in [-0.4, -0.2) is 17.9 Å². The van der Waals surface area contributed by atoms with Crippen molar-refractivity contribution in [1.82, 2.24) is 5.32 Å². The number of hydrogen-bond donors (Lipinski definition) is 2. The number of carbonyl (C=O) groups excluding carboxylic acids is 2. The number of rotatable bonds is 6. The van der Waals surface area contributed by atoms with Crippen molar-refractivity contribution >= 4 is 17.5 Å². The molecule has 0 spiro atoms. The fraction of sp³-hybridized carbons (Fsp3) is 0.263. The minimum absolute atomic E-state index is 0.0560. The van der Waals surface area contributed by atoms with E-state index in [-0.39, 0.29) is 30.1 Å². The minimum Gasteiger partial charge on any atom is -0.350 e. The molecule has 0 bridgehead atoms. The summed E-state index contributed by atoms with van der Waals surface area (Å²) < 4.78 is 12.9. The number of nitrogens with one attached hydrogen (secondary N) is 2. The summed E-state index contributed by atoms with van der Waals surface area (Å²) in [5.41, 5.74) is 1.59. The summed E-state index contributed by atoms with van der Waals surface area (Å²) in [6, 6.07) is 12.7. The Labute approximate surface area is 141 Å². The Morgan fingerprint density at radius 1 is 1.08 bits per heavy atom. The number of halogens is 1. The van der Waals surface area contributed by atoms with Gasteiger partial charge in [-0.15, -0.1) is 0 Å². The predicted octanol–water partition coefficient (Wildman–Crippen LogP) is 3.54. The van der Waals surface area contributed by atoms with Crippen LogP contribution >= 0.6 is 0 Å². The summed E-state index contributed by atoms with van der Waals surface area (Å²) in [6.07, 6.45) is 0.937. The molecule has 0 aliphatic carbocycles.